The molecule has 1 aromatic carbocycles. The maximum absolute atomic E-state index is 12.2. The number of amides is 2. The fourth-order valence-corrected chi connectivity index (χ4v) is 3.44. The molecule has 0 unspecified atom stereocenters. The summed E-state index contributed by atoms with van der Waals surface area (Å²) in [5.41, 5.74) is 2.11. The van der Waals surface area contributed by atoms with Crippen molar-refractivity contribution in [3.05, 3.63) is 35.4 Å². The van der Waals surface area contributed by atoms with Crippen molar-refractivity contribution in [1.29, 1.82) is 0 Å². The van der Waals surface area contributed by atoms with Gasteiger partial charge in [0.2, 0.25) is 5.91 Å². The molecule has 0 spiro atoms. The molecule has 0 atom stereocenters. The number of benzene rings is 1. The van der Waals surface area contributed by atoms with E-state index in [1.54, 1.807) is 4.90 Å². The minimum atomic E-state index is -0.0791. The van der Waals surface area contributed by atoms with Crippen molar-refractivity contribution >= 4 is 11.8 Å². The van der Waals surface area contributed by atoms with Crippen LogP contribution in [-0.2, 0) is 11.3 Å². The first kappa shape index (κ1) is 16.0. The highest BCUT2D eigenvalue weighted by Crippen LogP contribution is 2.28. The molecule has 5 nitrogen and oxygen atoms in total. The molecule has 0 radical (unpaired) electrons. The van der Waals surface area contributed by atoms with Crippen LogP contribution in [0.2, 0.25) is 0 Å². The number of likely N-dealkylation sites (tertiary alicyclic amines) is 1. The summed E-state index contributed by atoms with van der Waals surface area (Å²) >= 11 is 0. The van der Waals surface area contributed by atoms with E-state index in [4.69, 9.17) is 0 Å². The number of fused-ring (bicyclic) bond motifs is 1. The van der Waals surface area contributed by atoms with Crippen LogP contribution in [0.15, 0.2) is 24.3 Å². The summed E-state index contributed by atoms with van der Waals surface area (Å²) in [6, 6.07) is 7.55. The van der Waals surface area contributed by atoms with E-state index in [2.05, 4.69) is 24.1 Å². The van der Waals surface area contributed by atoms with E-state index >= 15 is 0 Å². The van der Waals surface area contributed by atoms with Gasteiger partial charge in [-0.3, -0.25) is 9.59 Å². The second kappa shape index (κ2) is 6.32. The van der Waals surface area contributed by atoms with Gasteiger partial charge in [0.15, 0.2) is 0 Å². The van der Waals surface area contributed by atoms with Gasteiger partial charge in [-0.2, -0.15) is 0 Å². The summed E-state index contributed by atoms with van der Waals surface area (Å²) in [5, 5.41) is 2.94. The highest BCUT2D eigenvalue weighted by molar-refractivity contribution is 6.00. The van der Waals surface area contributed by atoms with Crippen LogP contribution in [0.4, 0.5) is 0 Å². The molecule has 23 heavy (non-hydrogen) atoms. The second-order valence-electron chi connectivity index (χ2n) is 7.36. The van der Waals surface area contributed by atoms with Crippen LogP contribution in [0.1, 0.15) is 36.2 Å². The average molecular weight is 315 g/mol. The lowest BCUT2D eigenvalue weighted by Crippen LogP contribution is -2.40. The van der Waals surface area contributed by atoms with Gasteiger partial charge in [-0.25, -0.2) is 0 Å². The third-order valence-corrected chi connectivity index (χ3v) is 4.74. The zero-order valence-electron chi connectivity index (χ0n) is 14.0. The van der Waals surface area contributed by atoms with E-state index in [1.165, 1.54) is 6.42 Å². The molecule has 1 saturated heterocycles. The molecule has 0 aliphatic carbocycles. The zero-order valence-corrected chi connectivity index (χ0v) is 14.0. The van der Waals surface area contributed by atoms with Crippen LogP contribution in [0.25, 0.3) is 0 Å². The van der Waals surface area contributed by atoms with E-state index in [-0.39, 0.29) is 18.4 Å². The second-order valence-corrected chi connectivity index (χ2v) is 7.36. The molecule has 3 rings (SSSR count). The summed E-state index contributed by atoms with van der Waals surface area (Å²) in [6.07, 6.45) is 1.21. The van der Waals surface area contributed by atoms with Gasteiger partial charge >= 0.3 is 0 Å². The van der Waals surface area contributed by atoms with Crippen LogP contribution >= 0.6 is 0 Å². The number of carbonyl (C=O) groups is 2. The van der Waals surface area contributed by atoms with Crippen molar-refractivity contribution in [3.8, 4) is 0 Å². The Morgan fingerprint density at radius 1 is 1.30 bits per heavy atom. The van der Waals surface area contributed by atoms with E-state index in [9.17, 15) is 9.59 Å². The molecule has 0 bridgehead atoms. The lowest BCUT2D eigenvalue weighted by atomic mass is 9.93. The molecule has 2 amide bonds. The van der Waals surface area contributed by atoms with Gasteiger partial charge in [-0.05, 0) is 30.0 Å². The summed E-state index contributed by atoms with van der Waals surface area (Å²) < 4.78 is 0. The van der Waals surface area contributed by atoms with Crippen LogP contribution in [0.5, 0.6) is 0 Å². The molecule has 1 aromatic rings. The summed E-state index contributed by atoms with van der Waals surface area (Å²) in [7, 11) is 0. The third-order valence-electron chi connectivity index (χ3n) is 4.74. The van der Waals surface area contributed by atoms with Crippen LogP contribution in [-0.4, -0.2) is 54.3 Å². The lowest BCUT2D eigenvalue weighted by Gasteiger charge is -2.20. The average Bonchev–Trinajstić information content (AvgIpc) is 3.00. The highest BCUT2D eigenvalue weighted by atomic mass is 16.2. The van der Waals surface area contributed by atoms with E-state index in [0.29, 0.717) is 18.5 Å². The largest absolute Gasteiger partial charge is 0.353 e. The van der Waals surface area contributed by atoms with Crippen molar-refractivity contribution in [2.75, 3.05) is 32.7 Å². The zero-order chi connectivity index (χ0) is 16.4. The molecule has 0 saturated carbocycles. The number of hydrogen-bond donors (Lipinski definition) is 1. The van der Waals surface area contributed by atoms with Crippen LogP contribution in [0, 0.1) is 5.41 Å². The number of carbonyl (C=O) groups excluding carboxylic acids is 2. The molecule has 2 heterocycles. The Labute approximate surface area is 137 Å². The first-order valence-electron chi connectivity index (χ1n) is 8.31. The molecule has 124 valence electrons. The maximum Gasteiger partial charge on any atom is 0.254 e. The van der Waals surface area contributed by atoms with Crippen molar-refractivity contribution in [3.63, 3.8) is 0 Å². The number of nitrogens with one attached hydrogen (secondary N) is 1. The SMILES string of the molecule is CC1(C)CCN(CCNC(=O)CN2Cc3ccccc3C2=O)C1. The summed E-state index contributed by atoms with van der Waals surface area (Å²) in [6.45, 7) is 8.94. The van der Waals surface area contributed by atoms with Crippen molar-refractivity contribution in [2.45, 2.75) is 26.8 Å². The number of nitrogens with zero attached hydrogens (tertiary/aromatic N) is 2. The Balaban J connectivity index is 1.42. The molecular weight excluding hydrogens is 290 g/mol. The molecule has 1 N–H and O–H groups in total. The van der Waals surface area contributed by atoms with E-state index in [1.807, 2.05) is 24.3 Å². The topological polar surface area (TPSA) is 52.7 Å². The van der Waals surface area contributed by atoms with Gasteiger partial charge in [-0.1, -0.05) is 32.0 Å². The molecule has 2 aliphatic heterocycles. The van der Waals surface area contributed by atoms with Gasteiger partial charge in [0.25, 0.3) is 5.91 Å². The Hall–Kier alpha value is -1.88. The van der Waals surface area contributed by atoms with Gasteiger partial charge in [0.1, 0.15) is 6.54 Å². The monoisotopic (exact) mass is 315 g/mol. The fraction of sp³-hybridized carbons (Fsp3) is 0.556. The fourth-order valence-electron chi connectivity index (χ4n) is 3.44. The minimum Gasteiger partial charge on any atom is -0.353 e. The van der Waals surface area contributed by atoms with Crippen molar-refractivity contribution < 1.29 is 9.59 Å². The number of rotatable bonds is 5. The quantitative estimate of drug-likeness (QED) is 0.896. The van der Waals surface area contributed by atoms with Crippen LogP contribution < -0.4 is 5.32 Å². The highest BCUT2D eigenvalue weighted by Gasteiger charge is 2.29. The van der Waals surface area contributed by atoms with E-state index < -0.39 is 0 Å². The predicted octanol–water partition coefficient (Wildman–Crippen LogP) is 1.49. The van der Waals surface area contributed by atoms with Crippen LogP contribution in [0.3, 0.4) is 0 Å². The Kier molecular flexibility index (Phi) is 4.39. The first-order valence-corrected chi connectivity index (χ1v) is 8.31. The first-order chi connectivity index (χ1) is 10.9. The number of hydrogen-bond acceptors (Lipinski definition) is 3. The Morgan fingerprint density at radius 2 is 2.09 bits per heavy atom. The van der Waals surface area contributed by atoms with Gasteiger partial charge < -0.3 is 15.1 Å². The molecule has 5 heteroatoms. The van der Waals surface area contributed by atoms with Gasteiger partial charge in [0, 0.05) is 31.7 Å². The summed E-state index contributed by atoms with van der Waals surface area (Å²) in [4.78, 5) is 28.3. The maximum atomic E-state index is 12.2. The third kappa shape index (κ3) is 3.72. The molecule has 0 aromatic heterocycles. The lowest BCUT2D eigenvalue weighted by molar-refractivity contribution is -0.121. The predicted molar refractivity (Wildman–Crippen MR) is 89.0 cm³/mol. The smallest absolute Gasteiger partial charge is 0.254 e. The standard InChI is InChI=1S/C18H25N3O2/c1-18(2)7-9-20(13-18)10-8-19-16(22)12-21-11-14-5-3-4-6-15(14)17(21)23/h3-6H,7-13H2,1-2H3,(H,19,22). The van der Waals surface area contributed by atoms with Crippen molar-refractivity contribution in [2.24, 2.45) is 5.41 Å². The summed E-state index contributed by atoms with van der Waals surface area (Å²) in [5.74, 6) is -0.123. The Morgan fingerprint density at radius 3 is 2.78 bits per heavy atom. The minimum absolute atomic E-state index is 0.0444. The molecule has 2 aliphatic rings. The van der Waals surface area contributed by atoms with Crippen molar-refractivity contribution in [1.82, 2.24) is 15.1 Å². The van der Waals surface area contributed by atoms with Gasteiger partial charge in [0.05, 0.1) is 0 Å². The van der Waals surface area contributed by atoms with E-state index in [0.717, 1.165) is 30.8 Å². The van der Waals surface area contributed by atoms with Gasteiger partial charge in [-0.15, -0.1) is 0 Å². The molecular formula is C18H25N3O2. The molecule has 1 fully saturated rings. The normalized spacial score (nSPS) is 19.9. The Bertz CT molecular complexity index is 612.